The predicted octanol–water partition coefficient (Wildman–Crippen LogP) is 2.56. The Morgan fingerprint density at radius 2 is 1.82 bits per heavy atom. The number of hydrogen-bond acceptors (Lipinski definition) is 11. The molecule has 4 atom stereocenters. The molecule has 15 heteroatoms. The Bertz CT molecular complexity index is 1330. The van der Waals surface area contributed by atoms with E-state index in [4.69, 9.17) is 25.8 Å². The third-order valence-corrected chi connectivity index (χ3v) is 8.00. The number of aromatic nitrogens is 5. The number of sulfonamides is 1. The lowest BCUT2D eigenvalue weighted by atomic mass is 10.1. The van der Waals surface area contributed by atoms with Gasteiger partial charge in [0.25, 0.3) is 0 Å². The molecule has 1 fully saturated rings. The van der Waals surface area contributed by atoms with Crippen LogP contribution in [0.15, 0.2) is 30.6 Å². The molecule has 0 spiro atoms. The van der Waals surface area contributed by atoms with Crippen molar-refractivity contribution in [2.24, 2.45) is 0 Å². The average Bonchev–Trinajstić information content (AvgIpc) is 3.52. The Kier molecular flexibility index (Phi) is 8.67. The first kappa shape index (κ1) is 28.0. The van der Waals surface area contributed by atoms with Crippen molar-refractivity contribution in [2.45, 2.75) is 50.6 Å². The second-order valence-corrected chi connectivity index (χ2v) is 11.2. The number of methoxy groups -OCH3 is 2. The molecule has 3 heterocycles. The minimum atomic E-state index is -4.11. The molecular weight excluding hydrogens is 536 g/mol. The standard InChI is InChI=1S/C23H31ClN8O5S/c1-6-37-20(21-25-11-15(24)12-26-21)14(3)38(33,34)31-23-30-29-22(16-10-13(2)27-28-16)32(23)19-17(35-4)8-7-9-18(19)36-5/h7-9,11-14,16,20,27-28H,6,10H2,1-5H3,(H,30,31)/t13?,14-,16?,20-/m0/s1. The third-order valence-electron chi connectivity index (χ3n) is 6.11. The fraction of sp³-hybridized carbons (Fsp3) is 0.478. The molecule has 1 aliphatic heterocycles. The second kappa shape index (κ2) is 11.8. The largest absolute Gasteiger partial charge is 0.494 e. The van der Waals surface area contributed by atoms with E-state index in [1.807, 2.05) is 6.92 Å². The molecule has 13 nitrogen and oxygen atoms in total. The van der Waals surface area contributed by atoms with E-state index in [2.05, 4.69) is 35.7 Å². The smallest absolute Gasteiger partial charge is 0.243 e. The number of nitrogens with zero attached hydrogens (tertiary/aromatic N) is 5. The van der Waals surface area contributed by atoms with Crippen LogP contribution in [0.4, 0.5) is 5.95 Å². The molecule has 0 aliphatic carbocycles. The van der Waals surface area contributed by atoms with Gasteiger partial charge in [0.1, 0.15) is 28.5 Å². The first-order valence-corrected chi connectivity index (χ1v) is 13.9. The number of rotatable bonds is 11. The number of hydrogen-bond donors (Lipinski definition) is 3. The van der Waals surface area contributed by atoms with Crippen molar-refractivity contribution in [1.82, 2.24) is 35.6 Å². The predicted molar refractivity (Wildman–Crippen MR) is 141 cm³/mol. The number of ether oxygens (including phenoxy) is 3. The summed E-state index contributed by atoms with van der Waals surface area (Å²) in [6.07, 6.45) is 2.51. The minimum absolute atomic E-state index is 0.0386. The maximum absolute atomic E-state index is 13.7. The van der Waals surface area contributed by atoms with E-state index in [9.17, 15) is 8.42 Å². The summed E-state index contributed by atoms with van der Waals surface area (Å²) in [5.41, 5.74) is 6.80. The molecule has 0 radical (unpaired) electrons. The monoisotopic (exact) mass is 566 g/mol. The van der Waals surface area contributed by atoms with Gasteiger partial charge in [-0.05, 0) is 39.3 Å². The highest BCUT2D eigenvalue weighted by atomic mass is 35.5. The van der Waals surface area contributed by atoms with Gasteiger partial charge in [0.2, 0.25) is 16.0 Å². The summed E-state index contributed by atoms with van der Waals surface area (Å²) in [5, 5.41) is 7.80. The molecule has 2 unspecified atom stereocenters. The van der Waals surface area contributed by atoms with E-state index in [0.29, 0.717) is 34.5 Å². The van der Waals surface area contributed by atoms with Crippen molar-refractivity contribution in [3.05, 3.63) is 47.3 Å². The zero-order valence-electron chi connectivity index (χ0n) is 21.7. The Balaban J connectivity index is 1.78. The van der Waals surface area contributed by atoms with Crippen molar-refractivity contribution >= 4 is 27.6 Å². The molecule has 2 aromatic heterocycles. The van der Waals surface area contributed by atoms with Crippen LogP contribution in [0.25, 0.3) is 5.69 Å². The number of anilines is 1. The summed E-state index contributed by atoms with van der Waals surface area (Å²) < 4.78 is 48.5. The van der Waals surface area contributed by atoms with Gasteiger partial charge >= 0.3 is 0 Å². The van der Waals surface area contributed by atoms with Gasteiger partial charge in [-0.15, -0.1) is 10.2 Å². The Labute approximate surface area is 226 Å². The van der Waals surface area contributed by atoms with Crippen LogP contribution in [0.3, 0.4) is 0 Å². The molecule has 1 aromatic carbocycles. The molecule has 0 saturated carbocycles. The zero-order valence-corrected chi connectivity index (χ0v) is 23.2. The Morgan fingerprint density at radius 3 is 2.37 bits per heavy atom. The fourth-order valence-corrected chi connectivity index (χ4v) is 5.39. The second-order valence-electron chi connectivity index (χ2n) is 8.69. The lowest BCUT2D eigenvalue weighted by molar-refractivity contribution is 0.0558. The molecule has 0 amide bonds. The molecule has 1 saturated heterocycles. The van der Waals surface area contributed by atoms with E-state index in [-0.39, 0.29) is 30.5 Å². The van der Waals surface area contributed by atoms with E-state index < -0.39 is 21.4 Å². The lowest BCUT2D eigenvalue weighted by Crippen LogP contribution is -2.34. The fourth-order valence-electron chi connectivity index (χ4n) is 4.20. The van der Waals surface area contributed by atoms with Crippen molar-refractivity contribution in [1.29, 1.82) is 0 Å². The van der Waals surface area contributed by atoms with Crippen LogP contribution in [-0.2, 0) is 14.8 Å². The van der Waals surface area contributed by atoms with Crippen LogP contribution in [0.2, 0.25) is 5.02 Å². The number of nitrogens with one attached hydrogen (secondary N) is 3. The van der Waals surface area contributed by atoms with E-state index in [1.54, 1.807) is 29.7 Å². The molecule has 4 rings (SSSR count). The molecule has 206 valence electrons. The van der Waals surface area contributed by atoms with E-state index in [1.165, 1.54) is 33.5 Å². The van der Waals surface area contributed by atoms with Gasteiger partial charge in [-0.1, -0.05) is 17.7 Å². The molecule has 0 bridgehead atoms. The Morgan fingerprint density at radius 1 is 1.16 bits per heavy atom. The Hall–Kier alpha value is -3.04. The van der Waals surface area contributed by atoms with E-state index in [0.717, 1.165) is 0 Å². The molecule has 3 aromatic rings. The van der Waals surface area contributed by atoms with Crippen molar-refractivity contribution < 1.29 is 22.6 Å². The number of hydrazine groups is 1. The molecule has 1 aliphatic rings. The highest BCUT2D eigenvalue weighted by Gasteiger charge is 2.36. The zero-order chi connectivity index (χ0) is 27.4. The van der Waals surface area contributed by atoms with Gasteiger partial charge in [-0.25, -0.2) is 23.8 Å². The van der Waals surface area contributed by atoms with Gasteiger partial charge in [-0.3, -0.25) is 14.7 Å². The average molecular weight is 567 g/mol. The molecule has 38 heavy (non-hydrogen) atoms. The highest BCUT2D eigenvalue weighted by molar-refractivity contribution is 7.93. The van der Waals surface area contributed by atoms with Gasteiger partial charge < -0.3 is 14.2 Å². The first-order chi connectivity index (χ1) is 18.2. The van der Waals surface area contributed by atoms with Crippen LogP contribution in [0.1, 0.15) is 51.0 Å². The number of benzene rings is 1. The van der Waals surface area contributed by atoms with Crippen molar-refractivity contribution in [2.75, 3.05) is 25.5 Å². The summed E-state index contributed by atoms with van der Waals surface area (Å²) in [6, 6.07) is 5.16. The summed E-state index contributed by atoms with van der Waals surface area (Å²) in [4.78, 5) is 8.34. The number of halogens is 1. The van der Waals surface area contributed by atoms with Gasteiger partial charge in [-0.2, -0.15) is 0 Å². The van der Waals surface area contributed by atoms with Gasteiger partial charge in [0, 0.05) is 25.0 Å². The van der Waals surface area contributed by atoms with Crippen LogP contribution >= 0.6 is 11.6 Å². The van der Waals surface area contributed by atoms with Crippen LogP contribution < -0.4 is 25.0 Å². The van der Waals surface area contributed by atoms with Crippen molar-refractivity contribution in [3.63, 3.8) is 0 Å². The minimum Gasteiger partial charge on any atom is -0.494 e. The summed E-state index contributed by atoms with van der Waals surface area (Å²) in [7, 11) is -1.08. The van der Waals surface area contributed by atoms with Gasteiger partial charge in [0.15, 0.2) is 11.6 Å². The quantitative estimate of drug-likeness (QED) is 0.313. The SMILES string of the molecule is CCO[C@H](c1ncc(Cl)cn1)[C@H](C)S(=O)(=O)Nc1nnc(C2CC(C)NN2)n1-c1c(OC)cccc1OC. The van der Waals surface area contributed by atoms with E-state index >= 15 is 0 Å². The summed E-state index contributed by atoms with van der Waals surface area (Å²) in [5.74, 6) is 1.51. The van der Waals surface area contributed by atoms with Crippen molar-refractivity contribution in [3.8, 4) is 17.2 Å². The highest BCUT2D eigenvalue weighted by Crippen LogP contribution is 2.38. The maximum atomic E-state index is 13.7. The summed E-state index contributed by atoms with van der Waals surface area (Å²) in [6.45, 7) is 5.54. The normalized spacial score (nSPS) is 19.2. The summed E-state index contributed by atoms with van der Waals surface area (Å²) >= 11 is 5.92. The van der Waals surface area contributed by atoms with Crippen LogP contribution in [0.5, 0.6) is 11.5 Å². The maximum Gasteiger partial charge on any atom is 0.243 e. The molecule has 3 N–H and O–H groups in total. The molecular formula is C23H31ClN8O5S. The van der Waals surface area contributed by atoms with Gasteiger partial charge in [0.05, 0.1) is 25.3 Å². The topological polar surface area (TPSA) is 154 Å². The lowest BCUT2D eigenvalue weighted by Gasteiger charge is -2.24. The first-order valence-electron chi connectivity index (χ1n) is 12.0. The third kappa shape index (κ3) is 5.68. The van der Waals surface area contributed by atoms with Crippen LogP contribution in [-0.4, -0.2) is 65.3 Å². The van der Waals surface area contributed by atoms with Crippen LogP contribution in [0, 0.1) is 0 Å². The number of para-hydroxylation sites is 1.